The number of hydrogen-bond acceptors (Lipinski definition) is 2. The Balaban J connectivity index is 1.26. The first-order chi connectivity index (χ1) is 36.3. The molecule has 9 aromatic carbocycles. The number of hydrogen-bond donors (Lipinski definition) is 1. The van der Waals surface area contributed by atoms with Crippen molar-refractivity contribution in [1.29, 1.82) is 0 Å². The second-order valence-electron chi connectivity index (χ2n) is 13.9. The molecule has 0 amide bonds. The molecule has 0 spiro atoms. The first-order valence-corrected chi connectivity index (χ1v) is 20.7. The van der Waals surface area contributed by atoms with E-state index >= 15 is 0 Å². The molecule has 10 aromatic rings. The summed E-state index contributed by atoms with van der Waals surface area (Å²) in [5.74, 6) is -1.90. The van der Waals surface area contributed by atoms with Gasteiger partial charge in [-0.3, -0.25) is 0 Å². The lowest BCUT2D eigenvalue weighted by Gasteiger charge is -2.36. The Kier molecular flexibility index (Phi) is 5.17. The number of phenolic OH excluding ortho intramolecular Hbond substituents is 1. The summed E-state index contributed by atoms with van der Waals surface area (Å²) in [7, 11) is -2.17. The highest BCUT2D eigenvalue weighted by Crippen LogP contribution is 2.39. The number of benzene rings is 9. The highest BCUT2D eigenvalue weighted by molar-refractivity contribution is 7.20. The minimum atomic E-state index is -3.41. The van der Waals surface area contributed by atoms with Crippen molar-refractivity contribution in [1.82, 2.24) is 4.57 Å². The van der Waals surface area contributed by atoms with Crippen LogP contribution in [0.2, 0.25) is 0 Å². The van der Waals surface area contributed by atoms with Crippen molar-refractivity contribution in [3.8, 4) is 45.2 Å². The maximum absolute atomic E-state index is 11.7. The van der Waals surface area contributed by atoms with Gasteiger partial charge in [0.15, 0.2) is 8.07 Å². The Morgan fingerprint density at radius 1 is 0.508 bits per heavy atom. The van der Waals surface area contributed by atoms with E-state index in [2.05, 4.69) is 0 Å². The quantitative estimate of drug-likeness (QED) is 0.129. The second-order valence-corrected chi connectivity index (χ2v) is 17.6. The maximum atomic E-state index is 11.7. The van der Waals surface area contributed by atoms with Crippen LogP contribution in [-0.2, 0) is 0 Å². The molecular weight excluding hydrogens is 733 g/mol. The van der Waals surface area contributed by atoms with Crippen molar-refractivity contribution in [3.05, 3.63) is 218 Å². The fourth-order valence-electron chi connectivity index (χ4n) is 8.18. The summed E-state index contributed by atoms with van der Waals surface area (Å²) in [5.41, 5.74) is -2.90. The number of ether oxygens (including phenoxy) is 1. The number of rotatable bonds is 7. The van der Waals surface area contributed by atoms with Crippen LogP contribution in [0.3, 0.4) is 0 Å². The molecule has 5 heteroatoms. The fourth-order valence-corrected chi connectivity index (χ4v) is 13.2. The summed E-state index contributed by atoms with van der Waals surface area (Å²) >= 11 is 0. The molecule has 1 N–H and O–H groups in total. The van der Waals surface area contributed by atoms with E-state index in [0.717, 1.165) is 25.3 Å². The Bertz CT molecular complexity index is 3960. The molecule has 1 aliphatic heterocycles. The van der Waals surface area contributed by atoms with E-state index < -0.39 is 150 Å². The summed E-state index contributed by atoms with van der Waals surface area (Å²) in [6.07, 6.45) is 0. The van der Waals surface area contributed by atoms with Crippen LogP contribution in [0.5, 0.6) is 17.2 Å². The molecule has 1 radical (unpaired) electrons. The molecule has 0 fully saturated rings. The predicted octanol–water partition coefficient (Wildman–Crippen LogP) is 8.96. The van der Waals surface area contributed by atoms with E-state index in [0.29, 0.717) is 5.56 Å². The molecule has 3 nitrogen and oxygen atoms in total. The molecular formula is C54H37BNO2Si. The Hall–Kier alpha value is -7.34. The summed E-state index contributed by atoms with van der Waals surface area (Å²) in [6, 6.07) is 24.9. The third-order valence-electron chi connectivity index (χ3n) is 10.7. The van der Waals surface area contributed by atoms with Gasteiger partial charge in [0.2, 0.25) is 7.28 Å². The van der Waals surface area contributed by atoms with Crippen molar-refractivity contribution in [2.45, 2.75) is 0 Å². The maximum Gasteiger partial charge on any atom is 0.202 e. The van der Waals surface area contributed by atoms with Crippen LogP contribution >= 0.6 is 0 Å². The first-order valence-electron chi connectivity index (χ1n) is 27.2. The topological polar surface area (TPSA) is 34.4 Å². The average Bonchev–Trinajstić information content (AvgIpc) is 3.87. The molecule has 1 aliphatic rings. The Morgan fingerprint density at radius 3 is 1.71 bits per heavy atom. The third kappa shape index (κ3) is 5.65. The highest BCUT2D eigenvalue weighted by atomic mass is 28.3. The lowest BCUT2D eigenvalue weighted by atomic mass is 9.59. The average molecular weight is 788 g/mol. The van der Waals surface area contributed by atoms with E-state index in [4.69, 9.17) is 18.4 Å². The first kappa shape index (κ1) is 21.4. The largest absolute Gasteiger partial charge is 0.507 e. The van der Waals surface area contributed by atoms with Gasteiger partial charge in [0, 0.05) is 22.4 Å². The molecule has 0 aliphatic carbocycles. The van der Waals surface area contributed by atoms with Gasteiger partial charge in [0.25, 0.3) is 0 Å². The number of aromatic nitrogens is 1. The minimum absolute atomic E-state index is 0.0100. The van der Waals surface area contributed by atoms with E-state index in [9.17, 15) is 14.7 Å². The smallest absolute Gasteiger partial charge is 0.202 e. The van der Waals surface area contributed by atoms with Gasteiger partial charge in [-0.1, -0.05) is 182 Å². The van der Waals surface area contributed by atoms with Gasteiger partial charge < -0.3 is 14.4 Å². The van der Waals surface area contributed by atoms with E-state index in [1.165, 1.54) is 7.28 Å². The Labute approximate surface area is 369 Å². The molecule has 59 heavy (non-hydrogen) atoms. The predicted molar refractivity (Wildman–Crippen MR) is 248 cm³/mol. The highest BCUT2D eigenvalue weighted by Gasteiger charge is 2.43. The van der Waals surface area contributed by atoms with Crippen molar-refractivity contribution in [2.75, 3.05) is 0 Å². The van der Waals surface area contributed by atoms with Gasteiger partial charge >= 0.3 is 0 Å². The van der Waals surface area contributed by atoms with Crippen LogP contribution < -0.4 is 36.4 Å². The molecule has 277 valence electrons. The number of nitrogens with zero attached hydrogens (tertiary/aromatic N) is 1. The van der Waals surface area contributed by atoms with E-state index in [-0.39, 0.29) is 33.0 Å². The van der Waals surface area contributed by atoms with Gasteiger partial charge in [-0.05, 0) is 78.6 Å². The van der Waals surface area contributed by atoms with Gasteiger partial charge in [-0.15, -0.1) is 0 Å². The van der Waals surface area contributed by atoms with Gasteiger partial charge in [0.1, 0.15) is 17.2 Å². The lowest BCUT2D eigenvalue weighted by Crippen LogP contribution is -2.75. The van der Waals surface area contributed by atoms with Gasteiger partial charge in [-0.2, -0.15) is 0 Å². The fraction of sp³-hybridized carbons (Fsp3) is 0. The molecule has 0 atom stereocenters. The summed E-state index contributed by atoms with van der Waals surface area (Å²) in [4.78, 5) is 0. The van der Waals surface area contributed by atoms with Crippen LogP contribution in [-0.4, -0.2) is 25.0 Å². The zero-order valence-corrected chi connectivity index (χ0v) is 31.8. The lowest BCUT2D eigenvalue weighted by molar-refractivity contribution is 0.477. The molecule has 2 heterocycles. The Morgan fingerprint density at radius 2 is 1.07 bits per heavy atom. The summed E-state index contributed by atoms with van der Waals surface area (Å²) < 4.78 is 163. The molecule has 0 bridgehead atoms. The van der Waals surface area contributed by atoms with Crippen molar-refractivity contribution >= 4 is 68.8 Å². The summed E-state index contributed by atoms with van der Waals surface area (Å²) in [5, 5.41) is 14.7. The third-order valence-corrected chi connectivity index (χ3v) is 15.5. The number of aromatic hydroxyl groups is 1. The van der Waals surface area contributed by atoms with E-state index in [1.807, 2.05) is 103 Å². The van der Waals surface area contributed by atoms with E-state index in [1.54, 1.807) is 12.1 Å². The number of para-hydroxylation sites is 3. The summed E-state index contributed by atoms with van der Waals surface area (Å²) in [6.45, 7) is 0. The molecule has 0 saturated heterocycles. The monoisotopic (exact) mass is 787 g/mol. The van der Waals surface area contributed by atoms with Crippen molar-refractivity contribution in [2.24, 2.45) is 0 Å². The van der Waals surface area contributed by atoms with Crippen LogP contribution in [0.4, 0.5) is 0 Å². The van der Waals surface area contributed by atoms with Crippen LogP contribution in [0.25, 0.3) is 49.7 Å². The van der Waals surface area contributed by atoms with Gasteiger partial charge in [0.05, 0.1) is 40.0 Å². The SMILES string of the molecule is [2H]c1c([2H])c([2H])c(-c2c([2H])c(-n3c4c([2H])c([2H])c([2H])c([2H])c4c4c([2H])c([2H])c([2H])c([2H])c43)c([2H])c3c2[B]c2c([2H])c([2H])c(-c4ccccc4[Si](c4ccccc4)(c4ccccc4)c4ccccc4)c([2H])c2O3)c(O)c1[2H]. The number of phenols is 1. The second kappa shape index (κ2) is 14.2. The standard InChI is InChI=1S/C54H37BNO2Si/c57-50-30-16-12-27-45(50)46-35-38(56-48-28-14-10-25-43(48)44-26-11-15-29-49(44)56)36-52-54(46)55-47-33-32-37(34-51(47)58-52)42-24-13-17-31-53(42)59(39-18-4-1-5-19-39,40-20-6-2-7-21-40)41-22-8-3-9-23-41/h1-36,57H/i10D,11D,12D,14D,15D,16D,25D,26D,27D,28D,29D,30D,32D,33D,34D,35D,36D. The number of fused-ring (bicyclic) bond motifs is 5. The van der Waals surface area contributed by atoms with Crippen LogP contribution in [0.1, 0.15) is 23.3 Å². The molecule has 0 saturated carbocycles. The zero-order chi connectivity index (χ0) is 54.1. The molecule has 11 rings (SSSR count). The minimum Gasteiger partial charge on any atom is -0.507 e. The molecule has 1 aromatic heterocycles. The van der Waals surface area contributed by atoms with Crippen molar-refractivity contribution in [3.63, 3.8) is 0 Å². The zero-order valence-electron chi connectivity index (χ0n) is 47.8. The van der Waals surface area contributed by atoms with Crippen LogP contribution in [0.15, 0.2) is 218 Å². The molecule has 0 unspecified atom stereocenters. The van der Waals surface area contributed by atoms with Crippen molar-refractivity contribution < 1.29 is 33.1 Å². The van der Waals surface area contributed by atoms with Crippen LogP contribution in [0, 0.1) is 0 Å². The normalized spacial score (nSPS) is 16.1. The van der Waals surface area contributed by atoms with Gasteiger partial charge in [-0.25, -0.2) is 0 Å².